The number of aromatic nitrogens is 1. The third kappa shape index (κ3) is 6.62. The van der Waals surface area contributed by atoms with Crippen molar-refractivity contribution in [1.29, 1.82) is 0 Å². The molecule has 3 rings (SSSR count). The summed E-state index contributed by atoms with van der Waals surface area (Å²) in [5.74, 6) is 0.960. The number of hydrogen-bond acceptors (Lipinski definition) is 6. The van der Waals surface area contributed by atoms with Gasteiger partial charge in [-0.2, -0.15) is 0 Å². The number of aliphatic hydroxyl groups excluding tert-OH is 2. The number of β-amino-alcohol motifs (C(OH)–C–C–N with tert-alkyl or cyclic N) is 1. The first kappa shape index (κ1) is 23.9. The van der Waals surface area contributed by atoms with Crippen LogP contribution >= 0.6 is 0 Å². The quantitative estimate of drug-likeness (QED) is 0.448. The summed E-state index contributed by atoms with van der Waals surface area (Å²) in [7, 11) is 1.64. The summed E-state index contributed by atoms with van der Waals surface area (Å²) in [5, 5.41) is 25.6. The van der Waals surface area contributed by atoms with Gasteiger partial charge in [0.05, 0.1) is 18.7 Å². The molecule has 1 aliphatic rings. The maximum Gasteiger partial charge on any atom is 0.119 e. The second kappa shape index (κ2) is 12.3. The summed E-state index contributed by atoms with van der Waals surface area (Å²) in [4.78, 5) is 6.69. The molecule has 2 aromatic rings. The maximum absolute atomic E-state index is 11.0. The van der Waals surface area contributed by atoms with Crippen LogP contribution in [0, 0.1) is 5.92 Å². The molecule has 0 amide bonds. The average Bonchev–Trinajstić information content (AvgIpc) is 2.81. The first-order chi connectivity index (χ1) is 15.2. The molecule has 172 valence electrons. The number of nitrogens with zero attached hydrogens (tertiary/aromatic N) is 2. The van der Waals surface area contributed by atoms with Crippen LogP contribution in [0.3, 0.4) is 0 Å². The number of nitrogens with one attached hydrogen (secondary N) is 1. The van der Waals surface area contributed by atoms with Gasteiger partial charge in [0, 0.05) is 43.2 Å². The Balaban J connectivity index is 1.55. The number of ether oxygens (including phenoxy) is 1. The number of pyridine rings is 1. The molecule has 0 aliphatic carbocycles. The Morgan fingerprint density at radius 3 is 2.84 bits per heavy atom. The summed E-state index contributed by atoms with van der Waals surface area (Å²) in [5.41, 5.74) is 1.73. The summed E-state index contributed by atoms with van der Waals surface area (Å²) in [6, 6.07) is 8.00. The van der Waals surface area contributed by atoms with Crippen molar-refractivity contribution in [3.8, 4) is 5.75 Å². The van der Waals surface area contributed by atoms with Gasteiger partial charge in [0.1, 0.15) is 5.75 Å². The van der Waals surface area contributed by atoms with Gasteiger partial charge >= 0.3 is 0 Å². The van der Waals surface area contributed by atoms with E-state index in [0.717, 1.165) is 48.3 Å². The molecular formula is C25H39N3O3. The molecule has 0 saturated carbocycles. The van der Waals surface area contributed by atoms with Gasteiger partial charge < -0.3 is 20.3 Å². The molecule has 0 spiro atoms. The van der Waals surface area contributed by atoms with E-state index in [1.807, 2.05) is 24.3 Å². The minimum atomic E-state index is -0.611. The molecule has 3 atom stereocenters. The highest BCUT2D eigenvalue weighted by Crippen LogP contribution is 2.28. The average molecular weight is 430 g/mol. The Morgan fingerprint density at radius 1 is 1.23 bits per heavy atom. The van der Waals surface area contributed by atoms with Gasteiger partial charge in [-0.25, -0.2) is 0 Å². The molecule has 6 heteroatoms. The highest BCUT2D eigenvalue weighted by Gasteiger charge is 2.29. The molecular weight excluding hydrogens is 390 g/mol. The van der Waals surface area contributed by atoms with Crippen LogP contribution in [0.5, 0.6) is 5.75 Å². The van der Waals surface area contributed by atoms with E-state index in [2.05, 4.69) is 22.1 Å². The number of benzene rings is 1. The molecule has 31 heavy (non-hydrogen) atoms. The van der Waals surface area contributed by atoms with E-state index in [-0.39, 0.29) is 12.5 Å². The highest BCUT2D eigenvalue weighted by atomic mass is 16.5. The lowest BCUT2D eigenvalue weighted by molar-refractivity contribution is 0.0513. The smallest absolute Gasteiger partial charge is 0.119 e. The molecule has 1 saturated heterocycles. The summed E-state index contributed by atoms with van der Waals surface area (Å²) in [6.07, 6.45) is 8.52. The van der Waals surface area contributed by atoms with Crippen LogP contribution in [0.2, 0.25) is 0 Å². The Kier molecular flexibility index (Phi) is 9.53. The van der Waals surface area contributed by atoms with Gasteiger partial charge in [-0.15, -0.1) is 0 Å². The van der Waals surface area contributed by atoms with E-state index in [4.69, 9.17) is 4.74 Å². The number of fused-ring (bicyclic) bond motifs is 1. The van der Waals surface area contributed by atoms with Crippen molar-refractivity contribution in [2.75, 3.05) is 39.9 Å². The minimum Gasteiger partial charge on any atom is -0.497 e. The van der Waals surface area contributed by atoms with Gasteiger partial charge in [-0.05, 0) is 55.8 Å². The summed E-state index contributed by atoms with van der Waals surface area (Å²) in [6.45, 7) is 5.72. The fourth-order valence-electron chi connectivity index (χ4n) is 4.65. The number of hydrogen-bond donors (Lipinski definition) is 3. The molecule has 1 aliphatic heterocycles. The molecule has 2 heterocycles. The van der Waals surface area contributed by atoms with Gasteiger partial charge in [-0.3, -0.25) is 9.88 Å². The van der Waals surface area contributed by atoms with Crippen molar-refractivity contribution < 1.29 is 14.9 Å². The second-order valence-electron chi connectivity index (χ2n) is 8.76. The fraction of sp³-hybridized carbons (Fsp3) is 0.640. The van der Waals surface area contributed by atoms with Crippen molar-refractivity contribution in [3.05, 3.63) is 36.0 Å². The first-order valence-corrected chi connectivity index (χ1v) is 11.8. The predicted octanol–water partition coefficient (Wildman–Crippen LogP) is 3.52. The zero-order valence-corrected chi connectivity index (χ0v) is 19.1. The third-order valence-electron chi connectivity index (χ3n) is 6.51. The fourth-order valence-corrected chi connectivity index (χ4v) is 4.65. The maximum atomic E-state index is 11.0. The third-order valence-corrected chi connectivity index (χ3v) is 6.51. The molecule has 0 bridgehead atoms. The zero-order chi connectivity index (χ0) is 22.1. The number of aliphatic hydroxyl groups is 2. The van der Waals surface area contributed by atoms with Crippen molar-refractivity contribution in [1.82, 2.24) is 15.2 Å². The van der Waals surface area contributed by atoms with Gasteiger partial charge in [0.2, 0.25) is 0 Å². The Bertz CT molecular complexity index is 801. The highest BCUT2D eigenvalue weighted by molar-refractivity contribution is 5.83. The monoisotopic (exact) mass is 429 g/mol. The number of rotatable bonds is 12. The van der Waals surface area contributed by atoms with E-state index in [0.29, 0.717) is 12.6 Å². The first-order valence-electron chi connectivity index (χ1n) is 11.8. The number of unbranched alkanes of at least 4 members (excludes halogenated alkanes) is 4. The van der Waals surface area contributed by atoms with Crippen LogP contribution in [-0.2, 0) is 0 Å². The lowest BCUT2D eigenvalue weighted by Gasteiger charge is -2.39. The lowest BCUT2D eigenvalue weighted by atomic mass is 9.92. The topological polar surface area (TPSA) is 77.9 Å². The Labute approximate surface area is 186 Å². The van der Waals surface area contributed by atoms with Crippen molar-refractivity contribution in [3.63, 3.8) is 0 Å². The second-order valence-corrected chi connectivity index (χ2v) is 8.76. The largest absolute Gasteiger partial charge is 0.497 e. The Hall–Kier alpha value is -1.73. The van der Waals surface area contributed by atoms with E-state index >= 15 is 0 Å². The minimum absolute atomic E-state index is 0.176. The standard InChI is InChI=1S/C25H39N3O3/c1-3-4-5-6-7-12-26-23-11-14-28(16-19(23)18-29)17-25(30)21-10-13-27-24-9-8-20(31-2)15-22(21)24/h8-10,13,15,19,23,25-26,29-30H,3-7,11-12,14,16-18H2,1-2H3. The SMILES string of the molecule is CCCCCCCNC1CCN(CC(O)c2ccnc3ccc(OC)cc23)CC1CO. The molecule has 0 radical (unpaired) electrons. The molecule has 1 aromatic carbocycles. The van der Waals surface area contributed by atoms with E-state index in [1.54, 1.807) is 13.3 Å². The Morgan fingerprint density at radius 2 is 2.06 bits per heavy atom. The van der Waals surface area contributed by atoms with Crippen molar-refractivity contribution >= 4 is 10.9 Å². The predicted molar refractivity (Wildman–Crippen MR) is 125 cm³/mol. The van der Waals surface area contributed by atoms with Crippen LogP contribution in [0.15, 0.2) is 30.5 Å². The molecule has 1 fully saturated rings. The molecule has 6 nitrogen and oxygen atoms in total. The van der Waals surface area contributed by atoms with Gasteiger partial charge in [0.25, 0.3) is 0 Å². The normalized spacial score (nSPS) is 20.8. The van der Waals surface area contributed by atoms with E-state index in [1.165, 1.54) is 32.1 Å². The number of piperidine rings is 1. The molecule has 3 N–H and O–H groups in total. The zero-order valence-electron chi connectivity index (χ0n) is 19.1. The lowest BCUT2D eigenvalue weighted by Crippen LogP contribution is -2.51. The van der Waals surface area contributed by atoms with Crippen LogP contribution in [-0.4, -0.2) is 66.0 Å². The van der Waals surface area contributed by atoms with Crippen molar-refractivity contribution in [2.24, 2.45) is 5.92 Å². The van der Waals surface area contributed by atoms with E-state index < -0.39 is 6.10 Å². The van der Waals surface area contributed by atoms with Crippen LogP contribution in [0.1, 0.15) is 57.1 Å². The molecule has 1 aromatic heterocycles. The summed E-state index contributed by atoms with van der Waals surface area (Å²) >= 11 is 0. The van der Waals surface area contributed by atoms with Gasteiger partial charge in [-0.1, -0.05) is 32.6 Å². The van der Waals surface area contributed by atoms with Gasteiger partial charge in [0.15, 0.2) is 0 Å². The molecule has 3 unspecified atom stereocenters. The van der Waals surface area contributed by atoms with Crippen molar-refractivity contribution in [2.45, 2.75) is 57.6 Å². The number of methoxy groups -OCH3 is 1. The number of likely N-dealkylation sites (tertiary alicyclic amines) is 1. The van der Waals surface area contributed by atoms with Crippen LogP contribution < -0.4 is 10.1 Å². The summed E-state index contributed by atoms with van der Waals surface area (Å²) < 4.78 is 5.35. The van der Waals surface area contributed by atoms with Crippen LogP contribution in [0.25, 0.3) is 10.9 Å². The van der Waals surface area contributed by atoms with Crippen LogP contribution in [0.4, 0.5) is 0 Å². The van der Waals surface area contributed by atoms with E-state index in [9.17, 15) is 10.2 Å².